The molecule has 3 aromatic rings. The van der Waals surface area contributed by atoms with Crippen molar-refractivity contribution in [1.29, 1.82) is 0 Å². The van der Waals surface area contributed by atoms with Crippen molar-refractivity contribution in [1.82, 2.24) is 14.9 Å². The molecule has 4 rings (SSSR count). The van der Waals surface area contributed by atoms with Crippen molar-refractivity contribution in [2.75, 3.05) is 13.7 Å². The van der Waals surface area contributed by atoms with E-state index in [2.05, 4.69) is 9.97 Å². The molecular formula is C18H18FN3O2S. The Labute approximate surface area is 148 Å². The number of nitrogens with one attached hydrogen (secondary N) is 1. The van der Waals surface area contributed by atoms with E-state index in [-0.39, 0.29) is 17.8 Å². The molecule has 0 radical (unpaired) electrons. The first kappa shape index (κ1) is 16.1. The number of aromatic amines is 1. The van der Waals surface area contributed by atoms with Gasteiger partial charge in [0.15, 0.2) is 0 Å². The largest absolute Gasteiger partial charge is 0.495 e. The van der Waals surface area contributed by atoms with Crippen LogP contribution in [0.15, 0.2) is 24.3 Å². The smallest absolute Gasteiger partial charge is 0.268 e. The number of H-pyrrole nitrogens is 1. The number of amides is 1. The average molecular weight is 359 g/mol. The molecule has 1 atom stereocenters. The Bertz CT molecular complexity index is 949. The number of benzene rings is 1. The zero-order valence-electron chi connectivity index (χ0n) is 14.0. The minimum Gasteiger partial charge on any atom is -0.495 e. The molecule has 1 saturated heterocycles. The SMILES string of the molecule is COc1cc(C)sc1C(=O)N1CCCC1c1nc2ccc(F)cc2[nH]1. The van der Waals surface area contributed by atoms with Crippen LogP contribution in [0.4, 0.5) is 4.39 Å². The molecular weight excluding hydrogens is 341 g/mol. The molecule has 1 fully saturated rings. The van der Waals surface area contributed by atoms with E-state index in [1.165, 1.54) is 23.5 Å². The van der Waals surface area contributed by atoms with Gasteiger partial charge in [0.25, 0.3) is 5.91 Å². The molecule has 1 N–H and O–H groups in total. The first-order valence-corrected chi connectivity index (χ1v) is 8.99. The van der Waals surface area contributed by atoms with Crippen molar-refractivity contribution in [2.24, 2.45) is 0 Å². The maximum atomic E-state index is 13.4. The molecule has 0 bridgehead atoms. The molecule has 0 saturated carbocycles. The van der Waals surface area contributed by atoms with E-state index in [0.29, 0.717) is 34.0 Å². The number of carbonyl (C=O) groups is 1. The van der Waals surface area contributed by atoms with E-state index in [1.807, 2.05) is 17.9 Å². The van der Waals surface area contributed by atoms with Crippen LogP contribution in [0.2, 0.25) is 0 Å². The van der Waals surface area contributed by atoms with Gasteiger partial charge in [-0.1, -0.05) is 0 Å². The van der Waals surface area contributed by atoms with Gasteiger partial charge >= 0.3 is 0 Å². The second kappa shape index (κ2) is 6.15. The lowest BCUT2D eigenvalue weighted by Gasteiger charge is -2.23. The standard InChI is InChI=1S/C18H18FN3O2S/c1-10-8-15(24-2)16(25-10)18(23)22-7-3-4-14(22)17-20-12-6-5-11(19)9-13(12)21-17/h5-6,8-9,14H,3-4,7H2,1-2H3,(H,20,21). The molecule has 5 nitrogen and oxygen atoms in total. The Kier molecular flexibility index (Phi) is 3.95. The number of aromatic nitrogens is 2. The van der Waals surface area contributed by atoms with Gasteiger partial charge in [0.05, 0.1) is 24.2 Å². The van der Waals surface area contributed by atoms with Crippen LogP contribution in [-0.4, -0.2) is 34.4 Å². The van der Waals surface area contributed by atoms with Crippen LogP contribution >= 0.6 is 11.3 Å². The quantitative estimate of drug-likeness (QED) is 0.767. The predicted octanol–water partition coefficient (Wildman–Crippen LogP) is 4.06. The minimum atomic E-state index is -0.305. The number of fused-ring (bicyclic) bond motifs is 1. The highest BCUT2D eigenvalue weighted by Gasteiger charge is 2.34. The van der Waals surface area contributed by atoms with Gasteiger partial charge in [-0.15, -0.1) is 11.3 Å². The minimum absolute atomic E-state index is 0.0379. The molecule has 25 heavy (non-hydrogen) atoms. The Morgan fingerprint density at radius 3 is 3.08 bits per heavy atom. The number of hydrogen-bond acceptors (Lipinski definition) is 4. The number of ether oxygens (including phenoxy) is 1. The van der Waals surface area contributed by atoms with Gasteiger partial charge < -0.3 is 14.6 Å². The summed E-state index contributed by atoms with van der Waals surface area (Å²) in [6.45, 7) is 2.63. The highest BCUT2D eigenvalue weighted by atomic mass is 32.1. The third-order valence-corrected chi connectivity index (χ3v) is 5.55. The number of methoxy groups -OCH3 is 1. The fraction of sp³-hybridized carbons (Fsp3) is 0.333. The molecule has 1 aliphatic rings. The number of likely N-dealkylation sites (tertiary alicyclic amines) is 1. The number of imidazole rings is 1. The monoisotopic (exact) mass is 359 g/mol. The van der Waals surface area contributed by atoms with E-state index in [0.717, 1.165) is 17.7 Å². The third kappa shape index (κ3) is 2.78. The second-order valence-corrected chi connectivity index (χ2v) is 7.45. The van der Waals surface area contributed by atoms with Crippen LogP contribution in [-0.2, 0) is 0 Å². The molecule has 2 aromatic heterocycles. The molecule has 1 aromatic carbocycles. The summed E-state index contributed by atoms with van der Waals surface area (Å²) in [5.41, 5.74) is 1.36. The Balaban J connectivity index is 1.68. The normalized spacial score (nSPS) is 17.4. The number of carbonyl (C=O) groups excluding carboxylic acids is 1. The lowest BCUT2D eigenvalue weighted by molar-refractivity contribution is 0.0732. The summed E-state index contributed by atoms with van der Waals surface area (Å²) >= 11 is 1.44. The Hall–Kier alpha value is -2.41. The van der Waals surface area contributed by atoms with Crippen molar-refractivity contribution >= 4 is 28.3 Å². The van der Waals surface area contributed by atoms with Crippen LogP contribution in [0, 0.1) is 12.7 Å². The number of thiophene rings is 1. The zero-order chi connectivity index (χ0) is 17.6. The van der Waals surface area contributed by atoms with Crippen molar-refractivity contribution in [2.45, 2.75) is 25.8 Å². The van der Waals surface area contributed by atoms with Gasteiger partial charge in [-0.3, -0.25) is 4.79 Å². The van der Waals surface area contributed by atoms with Crippen molar-refractivity contribution in [3.8, 4) is 5.75 Å². The maximum Gasteiger partial charge on any atom is 0.268 e. The number of hydrogen-bond donors (Lipinski definition) is 1. The van der Waals surface area contributed by atoms with Crippen LogP contribution in [0.3, 0.4) is 0 Å². The summed E-state index contributed by atoms with van der Waals surface area (Å²) in [5.74, 6) is 0.980. The second-order valence-electron chi connectivity index (χ2n) is 6.19. The summed E-state index contributed by atoms with van der Waals surface area (Å²) in [7, 11) is 1.58. The van der Waals surface area contributed by atoms with Gasteiger partial charge in [-0.05, 0) is 44.0 Å². The third-order valence-electron chi connectivity index (χ3n) is 4.53. The van der Waals surface area contributed by atoms with E-state index in [9.17, 15) is 9.18 Å². The fourth-order valence-corrected chi connectivity index (χ4v) is 4.31. The van der Waals surface area contributed by atoms with E-state index >= 15 is 0 Å². The van der Waals surface area contributed by atoms with Crippen LogP contribution in [0.1, 0.15) is 39.3 Å². The summed E-state index contributed by atoms with van der Waals surface area (Å²) < 4.78 is 18.8. The lowest BCUT2D eigenvalue weighted by Crippen LogP contribution is -2.30. The first-order chi connectivity index (χ1) is 12.1. The molecule has 1 unspecified atom stereocenters. The summed E-state index contributed by atoms with van der Waals surface area (Å²) in [6, 6.07) is 6.22. The predicted molar refractivity (Wildman–Crippen MR) is 94.7 cm³/mol. The Morgan fingerprint density at radius 2 is 2.28 bits per heavy atom. The molecule has 130 valence electrons. The van der Waals surface area contributed by atoms with E-state index in [4.69, 9.17) is 4.74 Å². The van der Waals surface area contributed by atoms with E-state index in [1.54, 1.807) is 13.2 Å². The average Bonchev–Trinajstić information content (AvgIpc) is 3.30. The molecule has 1 amide bonds. The highest BCUT2D eigenvalue weighted by molar-refractivity contribution is 7.14. The zero-order valence-corrected chi connectivity index (χ0v) is 14.8. The lowest BCUT2D eigenvalue weighted by atomic mass is 10.2. The fourth-order valence-electron chi connectivity index (χ4n) is 3.38. The molecule has 7 heteroatoms. The summed E-state index contributed by atoms with van der Waals surface area (Å²) in [5, 5.41) is 0. The molecule has 0 spiro atoms. The van der Waals surface area contributed by atoms with Gasteiger partial charge in [-0.25, -0.2) is 9.37 Å². The molecule has 1 aliphatic heterocycles. The summed E-state index contributed by atoms with van der Waals surface area (Å²) in [4.78, 5) is 24.3. The van der Waals surface area contributed by atoms with Gasteiger partial charge in [-0.2, -0.15) is 0 Å². The first-order valence-electron chi connectivity index (χ1n) is 8.17. The number of aryl methyl sites for hydroxylation is 1. The van der Waals surface area contributed by atoms with Crippen molar-refractivity contribution in [3.05, 3.63) is 45.7 Å². The topological polar surface area (TPSA) is 58.2 Å². The van der Waals surface area contributed by atoms with Crippen molar-refractivity contribution < 1.29 is 13.9 Å². The molecule has 3 heterocycles. The van der Waals surface area contributed by atoms with E-state index < -0.39 is 0 Å². The number of nitrogens with zero attached hydrogens (tertiary/aromatic N) is 2. The van der Waals surface area contributed by atoms with Gasteiger partial charge in [0.1, 0.15) is 22.3 Å². The molecule has 0 aliphatic carbocycles. The Morgan fingerprint density at radius 1 is 1.44 bits per heavy atom. The van der Waals surface area contributed by atoms with Crippen LogP contribution in [0.25, 0.3) is 11.0 Å². The van der Waals surface area contributed by atoms with Crippen LogP contribution in [0.5, 0.6) is 5.75 Å². The van der Waals surface area contributed by atoms with Gasteiger partial charge in [0, 0.05) is 11.4 Å². The number of halogens is 1. The number of rotatable bonds is 3. The van der Waals surface area contributed by atoms with Crippen molar-refractivity contribution in [3.63, 3.8) is 0 Å². The van der Waals surface area contributed by atoms with Crippen LogP contribution < -0.4 is 4.74 Å². The van der Waals surface area contributed by atoms with Gasteiger partial charge in [0.2, 0.25) is 0 Å². The summed E-state index contributed by atoms with van der Waals surface area (Å²) in [6.07, 6.45) is 1.75. The maximum absolute atomic E-state index is 13.4. The highest BCUT2D eigenvalue weighted by Crippen LogP contribution is 2.36.